The zero-order chi connectivity index (χ0) is 20.1. The lowest BCUT2D eigenvalue weighted by Gasteiger charge is -2.14. The summed E-state index contributed by atoms with van der Waals surface area (Å²) < 4.78 is 0. The van der Waals surface area contributed by atoms with Crippen LogP contribution >= 0.6 is 0 Å². The van der Waals surface area contributed by atoms with Gasteiger partial charge in [0.05, 0.1) is 0 Å². The molecule has 1 aromatic heterocycles. The number of aromatic amines is 1. The number of nitrogens with one attached hydrogen (secondary N) is 3. The van der Waals surface area contributed by atoms with Crippen molar-refractivity contribution in [2.75, 3.05) is 10.6 Å². The maximum atomic E-state index is 12.4. The molecule has 0 saturated carbocycles. The minimum atomic E-state index is -0.411. The number of aryl methyl sites for hydroxylation is 1. The number of aromatic nitrogens is 1. The molecule has 0 atom stereocenters. The molecular weight excluding hydrogens is 344 g/mol. The second-order valence-corrected chi connectivity index (χ2v) is 6.38. The number of benzene rings is 1. The number of hydrogen-bond donors (Lipinski definition) is 3. The number of anilines is 2. The van der Waals surface area contributed by atoms with Gasteiger partial charge in [-0.1, -0.05) is 6.07 Å². The number of nitrogens with zero attached hydrogens (tertiary/aromatic N) is 1. The zero-order valence-electron chi connectivity index (χ0n) is 15.8. The number of rotatable bonds is 5. The van der Waals surface area contributed by atoms with Crippen LogP contribution in [0.5, 0.6) is 0 Å². The largest absolute Gasteiger partial charge is 0.326 e. The molecule has 2 aromatic rings. The highest BCUT2D eigenvalue weighted by molar-refractivity contribution is 5.95. The molecule has 7 nitrogen and oxygen atoms in total. The molecule has 0 aliphatic carbocycles. The summed E-state index contributed by atoms with van der Waals surface area (Å²) in [5, 5.41) is 14.7. The minimum absolute atomic E-state index is 0.0786. The third-order valence-corrected chi connectivity index (χ3v) is 4.44. The van der Waals surface area contributed by atoms with E-state index in [1.54, 1.807) is 32.0 Å². The van der Waals surface area contributed by atoms with Crippen molar-refractivity contribution in [1.82, 2.24) is 4.98 Å². The molecule has 0 spiro atoms. The molecule has 0 fully saturated rings. The van der Waals surface area contributed by atoms with Crippen LogP contribution in [0.1, 0.15) is 41.3 Å². The Morgan fingerprint density at radius 3 is 2.33 bits per heavy atom. The van der Waals surface area contributed by atoms with Crippen LogP contribution in [0.25, 0.3) is 0 Å². The van der Waals surface area contributed by atoms with Crippen molar-refractivity contribution in [3.63, 3.8) is 0 Å². The molecule has 1 aromatic carbocycles. The Labute approximate surface area is 157 Å². The number of carbonyl (C=O) groups excluding carboxylic acids is 2. The number of carbonyl (C=O) groups is 2. The quantitative estimate of drug-likeness (QED) is 0.754. The SMILES string of the molecule is CC(=O)Nc1cccc(NC(=O)CCc2c(C)[nH]c(=O)c(C#N)c2C)c1C. The van der Waals surface area contributed by atoms with Crippen molar-refractivity contribution in [2.24, 2.45) is 0 Å². The maximum absolute atomic E-state index is 12.4. The number of nitriles is 1. The topological polar surface area (TPSA) is 115 Å². The first-order valence-corrected chi connectivity index (χ1v) is 8.54. The molecule has 0 unspecified atom stereocenters. The predicted octanol–water partition coefficient (Wildman–Crippen LogP) is 2.70. The Hall–Kier alpha value is -3.40. The predicted molar refractivity (Wildman–Crippen MR) is 104 cm³/mol. The molecule has 2 rings (SSSR count). The summed E-state index contributed by atoms with van der Waals surface area (Å²) in [4.78, 5) is 38.1. The van der Waals surface area contributed by atoms with E-state index in [4.69, 9.17) is 5.26 Å². The average Bonchev–Trinajstić information content (AvgIpc) is 2.58. The van der Waals surface area contributed by atoms with E-state index in [2.05, 4.69) is 15.6 Å². The molecule has 0 radical (unpaired) electrons. The maximum Gasteiger partial charge on any atom is 0.266 e. The van der Waals surface area contributed by atoms with E-state index in [0.717, 1.165) is 11.1 Å². The minimum Gasteiger partial charge on any atom is -0.326 e. The summed E-state index contributed by atoms with van der Waals surface area (Å²) in [5.74, 6) is -0.375. The number of H-pyrrole nitrogens is 1. The molecule has 140 valence electrons. The highest BCUT2D eigenvalue weighted by Crippen LogP contribution is 2.24. The normalized spacial score (nSPS) is 10.2. The Morgan fingerprint density at radius 1 is 1.11 bits per heavy atom. The van der Waals surface area contributed by atoms with Crippen molar-refractivity contribution >= 4 is 23.2 Å². The van der Waals surface area contributed by atoms with E-state index < -0.39 is 5.56 Å². The summed E-state index contributed by atoms with van der Waals surface area (Å²) in [6, 6.07) is 7.20. The lowest BCUT2D eigenvalue weighted by atomic mass is 9.99. The van der Waals surface area contributed by atoms with Crippen molar-refractivity contribution in [2.45, 2.75) is 40.5 Å². The third-order valence-electron chi connectivity index (χ3n) is 4.44. The number of amides is 2. The van der Waals surface area contributed by atoms with Crippen LogP contribution in [0, 0.1) is 32.1 Å². The van der Waals surface area contributed by atoms with Crippen LogP contribution in [-0.4, -0.2) is 16.8 Å². The van der Waals surface area contributed by atoms with Gasteiger partial charge in [-0.05, 0) is 56.0 Å². The van der Waals surface area contributed by atoms with Gasteiger partial charge in [0.1, 0.15) is 11.6 Å². The van der Waals surface area contributed by atoms with Gasteiger partial charge >= 0.3 is 0 Å². The molecule has 0 aliphatic heterocycles. The molecule has 3 N–H and O–H groups in total. The van der Waals surface area contributed by atoms with E-state index in [1.807, 2.05) is 13.0 Å². The van der Waals surface area contributed by atoms with Crippen LogP contribution in [0.4, 0.5) is 11.4 Å². The van der Waals surface area contributed by atoms with Crippen LogP contribution in [0.15, 0.2) is 23.0 Å². The standard InChI is InChI=1S/C20H22N4O3/c1-11-15(13(3)22-20(27)16(11)10-21)8-9-19(26)24-18-7-5-6-17(12(18)2)23-14(4)25/h5-7H,8-9H2,1-4H3,(H,22,27)(H,23,25)(H,24,26). The van der Waals surface area contributed by atoms with Gasteiger partial charge in [0.15, 0.2) is 0 Å². The molecule has 0 bridgehead atoms. The lowest BCUT2D eigenvalue weighted by molar-refractivity contribution is -0.116. The summed E-state index contributed by atoms with van der Waals surface area (Å²) in [6.07, 6.45) is 0.599. The first-order valence-electron chi connectivity index (χ1n) is 8.54. The van der Waals surface area contributed by atoms with Gasteiger partial charge in [-0.25, -0.2) is 0 Å². The van der Waals surface area contributed by atoms with E-state index in [9.17, 15) is 14.4 Å². The van der Waals surface area contributed by atoms with Crippen molar-refractivity contribution < 1.29 is 9.59 Å². The zero-order valence-corrected chi connectivity index (χ0v) is 15.8. The van der Waals surface area contributed by atoms with E-state index in [-0.39, 0.29) is 23.8 Å². The molecule has 27 heavy (non-hydrogen) atoms. The summed E-state index contributed by atoms with van der Waals surface area (Å²) in [6.45, 7) is 6.71. The van der Waals surface area contributed by atoms with Gasteiger partial charge in [0, 0.05) is 30.4 Å². The smallest absolute Gasteiger partial charge is 0.266 e. The highest BCUT2D eigenvalue weighted by atomic mass is 16.2. The average molecular weight is 366 g/mol. The summed E-state index contributed by atoms with van der Waals surface area (Å²) in [5.41, 5.74) is 3.77. The van der Waals surface area contributed by atoms with E-state index in [1.165, 1.54) is 6.92 Å². The second-order valence-electron chi connectivity index (χ2n) is 6.38. The fourth-order valence-electron chi connectivity index (χ4n) is 2.97. The van der Waals surface area contributed by atoms with Crippen molar-refractivity contribution in [1.29, 1.82) is 5.26 Å². The van der Waals surface area contributed by atoms with Crippen LogP contribution in [0.3, 0.4) is 0 Å². The van der Waals surface area contributed by atoms with Crippen LogP contribution < -0.4 is 16.2 Å². The number of hydrogen-bond acceptors (Lipinski definition) is 4. The first kappa shape index (κ1) is 19.9. The van der Waals surface area contributed by atoms with Gasteiger partial charge in [0.25, 0.3) is 5.56 Å². The van der Waals surface area contributed by atoms with Gasteiger partial charge in [-0.3, -0.25) is 14.4 Å². The highest BCUT2D eigenvalue weighted by Gasteiger charge is 2.14. The molecule has 0 saturated heterocycles. The second kappa shape index (κ2) is 8.32. The van der Waals surface area contributed by atoms with Crippen molar-refractivity contribution in [3.8, 4) is 6.07 Å². The number of pyridine rings is 1. The van der Waals surface area contributed by atoms with E-state index >= 15 is 0 Å². The Morgan fingerprint density at radius 2 is 1.74 bits per heavy atom. The Balaban J connectivity index is 2.14. The summed E-state index contributed by atoms with van der Waals surface area (Å²) in [7, 11) is 0. The Bertz CT molecular complexity index is 1000. The molecular formula is C20H22N4O3. The van der Waals surface area contributed by atoms with Gasteiger partial charge < -0.3 is 15.6 Å². The molecule has 7 heteroatoms. The van der Waals surface area contributed by atoms with Crippen LogP contribution in [0.2, 0.25) is 0 Å². The fraction of sp³-hybridized carbons (Fsp3) is 0.300. The van der Waals surface area contributed by atoms with Gasteiger partial charge in [0.2, 0.25) is 11.8 Å². The first-order chi connectivity index (χ1) is 12.7. The van der Waals surface area contributed by atoms with Gasteiger partial charge in [-0.15, -0.1) is 0 Å². The monoisotopic (exact) mass is 366 g/mol. The Kier molecular flexibility index (Phi) is 6.14. The molecule has 1 heterocycles. The third kappa shape index (κ3) is 4.61. The van der Waals surface area contributed by atoms with Crippen molar-refractivity contribution in [3.05, 3.63) is 56.5 Å². The summed E-state index contributed by atoms with van der Waals surface area (Å²) >= 11 is 0. The van der Waals surface area contributed by atoms with Gasteiger partial charge in [-0.2, -0.15) is 5.26 Å². The fourth-order valence-corrected chi connectivity index (χ4v) is 2.97. The van der Waals surface area contributed by atoms with E-state index in [0.29, 0.717) is 29.1 Å². The van der Waals surface area contributed by atoms with Crippen LogP contribution in [-0.2, 0) is 16.0 Å². The lowest BCUT2D eigenvalue weighted by Crippen LogP contribution is -2.19. The molecule has 2 amide bonds. The molecule has 0 aliphatic rings.